The average molecular weight is 195 g/mol. The molecule has 0 amide bonds. The average Bonchev–Trinajstić information content (AvgIpc) is 2.48. The van der Waals surface area contributed by atoms with Crippen LogP contribution in [0.3, 0.4) is 0 Å². The predicted octanol–water partition coefficient (Wildman–Crippen LogP) is 2.52. The molecule has 2 aromatic rings. The number of phenols is 1. The number of hydrogen-bond donors (Lipinski definition) is 1. The van der Waals surface area contributed by atoms with E-state index in [-0.39, 0.29) is 11.4 Å². The minimum atomic E-state index is -0.591. The molecule has 0 aliphatic heterocycles. The van der Waals surface area contributed by atoms with Crippen molar-refractivity contribution < 1.29 is 10.0 Å². The van der Waals surface area contributed by atoms with Gasteiger partial charge in [-0.25, -0.2) is 0 Å². The first kappa shape index (κ1) is 8.00. The van der Waals surface area contributed by atoms with Gasteiger partial charge in [0, 0.05) is 16.8 Å². The molecule has 1 N–H and O–H groups in total. The Balaban J connectivity index is 2.76. The summed E-state index contributed by atoms with van der Waals surface area (Å²) in [6.45, 7) is 0. The topological polar surface area (TPSA) is 63.4 Å². The van der Waals surface area contributed by atoms with Crippen LogP contribution in [-0.4, -0.2) is 10.0 Å². The van der Waals surface area contributed by atoms with Gasteiger partial charge in [0.15, 0.2) is 5.75 Å². The van der Waals surface area contributed by atoms with Crippen LogP contribution in [0, 0.1) is 10.1 Å². The molecule has 0 unspecified atom stereocenters. The third-order valence-corrected chi connectivity index (χ3v) is 2.63. The number of nitro groups is 1. The van der Waals surface area contributed by atoms with Gasteiger partial charge in [-0.3, -0.25) is 10.1 Å². The van der Waals surface area contributed by atoms with E-state index in [1.54, 1.807) is 6.07 Å². The highest BCUT2D eigenvalue weighted by atomic mass is 32.1. The summed E-state index contributed by atoms with van der Waals surface area (Å²) < 4.78 is 0.850. The van der Waals surface area contributed by atoms with Gasteiger partial charge in [0.2, 0.25) is 0 Å². The predicted molar refractivity (Wildman–Crippen MR) is 50.1 cm³/mol. The monoisotopic (exact) mass is 195 g/mol. The van der Waals surface area contributed by atoms with Crippen LogP contribution in [0.2, 0.25) is 0 Å². The standard InChI is InChI=1S/C8H5NO3S/c10-7-4-8-5(1-2-13-8)3-6(7)9(11)12/h1-4,10H. The lowest BCUT2D eigenvalue weighted by molar-refractivity contribution is -0.385. The van der Waals surface area contributed by atoms with Crippen LogP contribution in [0.5, 0.6) is 5.75 Å². The van der Waals surface area contributed by atoms with Gasteiger partial charge < -0.3 is 5.11 Å². The Kier molecular flexibility index (Phi) is 1.66. The molecular weight excluding hydrogens is 190 g/mol. The lowest BCUT2D eigenvalue weighted by Gasteiger charge is -1.95. The normalized spacial score (nSPS) is 10.5. The van der Waals surface area contributed by atoms with Crippen molar-refractivity contribution in [3.05, 3.63) is 33.7 Å². The molecule has 0 aliphatic rings. The number of hydrogen-bond acceptors (Lipinski definition) is 4. The fraction of sp³-hybridized carbons (Fsp3) is 0. The number of benzene rings is 1. The van der Waals surface area contributed by atoms with E-state index in [0.29, 0.717) is 0 Å². The van der Waals surface area contributed by atoms with E-state index < -0.39 is 4.92 Å². The van der Waals surface area contributed by atoms with Crippen LogP contribution in [0.15, 0.2) is 23.6 Å². The van der Waals surface area contributed by atoms with E-state index in [2.05, 4.69) is 0 Å². The molecule has 5 heteroatoms. The van der Waals surface area contributed by atoms with Crippen molar-refractivity contribution in [3.63, 3.8) is 0 Å². The van der Waals surface area contributed by atoms with Crippen molar-refractivity contribution in [2.24, 2.45) is 0 Å². The van der Waals surface area contributed by atoms with Gasteiger partial charge in [0.05, 0.1) is 4.92 Å². The van der Waals surface area contributed by atoms with E-state index in [1.807, 2.05) is 5.38 Å². The van der Waals surface area contributed by atoms with Crippen molar-refractivity contribution in [3.8, 4) is 5.75 Å². The number of thiophene rings is 1. The van der Waals surface area contributed by atoms with Crippen LogP contribution >= 0.6 is 11.3 Å². The Morgan fingerprint density at radius 3 is 2.92 bits per heavy atom. The third kappa shape index (κ3) is 1.23. The van der Waals surface area contributed by atoms with Crippen molar-refractivity contribution in [2.75, 3.05) is 0 Å². The summed E-state index contributed by atoms with van der Waals surface area (Å²) in [5, 5.41) is 22.3. The molecule has 66 valence electrons. The van der Waals surface area contributed by atoms with Gasteiger partial charge in [-0.2, -0.15) is 0 Å². The highest BCUT2D eigenvalue weighted by Crippen LogP contribution is 2.33. The maximum absolute atomic E-state index is 10.4. The van der Waals surface area contributed by atoms with Gasteiger partial charge in [0.25, 0.3) is 0 Å². The lowest BCUT2D eigenvalue weighted by atomic mass is 10.2. The molecule has 2 rings (SSSR count). The summed E-state index contributed by atoms with van der Waals surface area (Å²) in [4.78, 5) is 9.85. The molecule has 13 heavy (non-hydrogen) atoms. The minimum absolute atomic E-state index is 0.245. The number of fused-ring (bicyclic) bond motifs is 1. The Bertz CT molecular complexity index is 477. The van der Waals surface area contributed by atoms with E-state index in [9.17, 15) is 15.2 Å². The Hall–Kier alpha value is -1.62. The van der Waals surface area contributed by atoms with Crippen LogP contribution in [0.1, 0.15) is 0 Å². The van der Waals surface area contributed by atoms with Crippen LogP contribution in [-0.2, 0) is 0 Å². The first-order valence-corrected chi connectivity index (χ1v) is 4.41. The summed E-state index contributed by atoms with van der Waals surface area (Å²) in [5.41, 5.74) is -0.245. The number of nitrogens with zero attached hydrogens (tertiary/aromatic N) is 1. The lowest BCUT2D eigenvalue weighted by Crippen LogP contribution is -1.87. The molecule has 1 aromatic heterocycles. The summed E-state index contributed by atoms with van der Waals surface area (Å²) in [6.07, 6.45) is 0. The fourth-order valence-corrected chi connectivity index (χ4v) is 1.94. The molecule has 0 aliphatic carbocycles. The molecule has 0 atom stereocenters. The molecule has 0 fully saturated rings. The zero-order chi connectivity index (χ0) is 9.42. The van der Waals surface area contributed by atoms with E-state index >= 15 is 0 Å². The van der Waals surface area contributed by atoms with Crippen molar-refractivity contribution >= 4 is 27.1 Å². The fourth-order valence-electron chi connectivity index (χ4n) is 1.13. The van der Waals surface area contributed by atoms with Crippen LogP contribution in [0.4, 0.5) is 5.69 Å². The Labute approximate surface area is 77.2 Å². The van der Waals surface area contributed by atoms with Crippen molar-refractivity contribution in [2.45, 2.75) is 0 Å². The molecule has 0 saturated carbocycles. The maximum Gasteiger partial charge on any atom is 0.311 e. The highest BCUT2D eigenvalue weighted by molar-refractivity contribution is 7.17. The van der Waals surface area contributed by atoms with E-state index in [0.717, 1.165) is 10.1 Å². The number of rotatable bonds is 1. The molecule has 0 bridgehead atoms. The second kappa shape index (κ2) is 2.70. The summed E-state index contributed by atoms with van der Waals surface area (Å²) in [7, 11) is 0. The van der Waals surface area contributed by atoms with Gasteiger partial charge in [-0.15, -0.1) is 11.3 Å². The first-order chi connectivity index (χ1) is 6.18. The summed E-state index contributed by atoms with van der Waals surface area (Å²) in [6, 6.07) is 4.58. The van der Waals surface area contributed by atoms with Crippen molar-refractivity contribution in [1.82, 2.24) is 0 Å². The summed E-state index contributed by atoms with van der Waals surface area (Å²) >= 11 is 1.44. The maximum atomic E-state index is 10.4. The second-order valence-corrected chi connectivity index (χ2v) is 3.50. The summed E-state index contributed by atoms with van der Waals surface area (Å²) in [5.74, 6) is -0.278. The molecule has 0 saturated heterocycles. The third-order valence-electron chi connectivity index (χ3n) is 1.75. The van der Waals surface area contributed by atoms with Crippen LogP contribution < -0.4 is 0 Å². The van der Waals surface area contributed by atoms with Gasteiger partial charge >= 0.3 is 5.69 Å². The Morgan fingerprint density at radius 1 is 1.46 bits per heavy atom. The Morgan fingerprint density at radius 2 is 2.23 bits per heavy atom. The number of nitro benzene ring substituents is 1. The number of phenolic OH excluding ortho intramolecular Hbond substituents is 1. The van der Waals surface area contributed by atoms with E-state index in [4.69, 9.17) is 0 Å². The first-order valence-electron chi connectivity index (χ1n) is 3.53. The zero-order valence-electron chi connectivity index (χ0n) is 6.43. The van der Waals surface area contributed by atoms with Gasteiger partial charge in [-0.1, -0.05) is 0 Å². The number of aromatic hydroxyl groups is 1. The zero-order valence-corrected chi connectivity index (χ0v) is 7.25. The molecule has 0 spiro atoms. The van der Waals surface area contributed by atoms with Crippen molar-refractivity contribution in [1.29, 1.82) is 0 Å². The molecule has 0 radical (unpaired) electrons. The SMILES string of the molecule is O=[N+]([O-])c1cc2ccsc2cc1O. The van der Waals surface area contributed by atoms with Crippen LogP contribution in [0.25, 0.3) is 10.1 Å². The molecular formula is C8H5NO3S. The quantitative estimate of drug-likeness (QED) is 0.561. The largest absolute Gasteiger partial charge is 0.502 e. The highest BCUT2D eigenvalue weighted by Gasteiger charge is 2.14. The second-order valence-electron chi connectivity index (χ2n) is 2.56. The molecule has 1 heterocycles. The minimum Gasteiger partial charge on any atom is -0.502 e. The van der Waals surface area contributed by atoms with E-state index in [1.165, 1.54) is 23.5 Å². The van der Waals surface area contributed by atoms with Gasteiger partial charge in [-0.05, 0) is 16.8 Å². The van der Waals surface area contributed by atoms with Gasteiger partial charge in [0.1, 0.15) is 0 Å². The molecule has 1 aromatic carbocycles. The molecule has 4 nitrogen and oxygen atoms in total. The smallest absolute Gasteiger partial charge is 0.311 e.